The molecular formula is C15H14FIN2O2. The van der Waals surface area contributed by atoms with Crippen LogP contribution in [0.4, 0.5) is 4.39 Å². The normalized spacial score (nSPS) is 14.8. The molecule has 1 heterocycles. The first-order valence-corrected chi connectivity index (χ1v) is 7.57. The number of halogens is 2. The van der Waals surface area contributed by atoms with Crippen LogP contribution in [0.15, 0.2) is 36.4 Å². The number of hydrazine groups is 1. The second-order valence-corrected chi connectivity index (χ2v) is 5.83. The van der Waals surface area contributed by atoms with E-state index >= 15 is 0 Å². The second kappa shape index (κ2) is 6.17. The van der Waals surface area contributed by atoms with Crippen LogP contribution >= 0.6 is 22.6 Å². The molecular weight excluding hydrogens is 386 g/mol. The Bertz CT molecular complexity index is 666. The SMILES string of the molecule is NNC(c1ccc2c(c1)OCCO2)c1ccc(F)cc1I. The van der Waals surface area contributed by atoms with Gasteiger partial charge in [-0.15, -0.1) is 0 Å². The van der Waals surface area contributed by atoms with Crippen LogP contribution in [0.5, 0.6) is 11.5 Å². The fourth-order valence-electron chi connectivity index (χ4n) is 2.34. The van der Waals surface area contributed by atoms with E-state index in [0.29, 0.717) is 19.0 Å². The number of hydrogen-bond acceptors (Lipinski definition) is 4. The third-order valence-electron chi connectivity index (χ3n) is 3.34. The molecule has 2 aromatic rings. The van der Waals surface area contributed by atoms with Crippen LogP contribution in [0.25, 0.3) is 0 Å². The Morgan fingerprint density at radius 1 is 1.10 bits per heavy atom. The molecule has 0 radical (unpaired) electrons. The van der Waals surface area contributed by atoms with E-state index in [9.17, 15) is 4.39 Å². The van der Waals surface area contributed by atoms with Crippen molar-refractivity contribution < 1.29 is 13.9 Å². The number of hydrogen-bond donors (Lipinski definition) is 2. The average molecular weight is 400 g/mol. The standard InChI is InChI=1S/C15H14FIN2O2/c16-10-2-3-11(12(17)8-10)15(19-18)9-1-4-13-14(7-9)21-6-5-20-13/h1-4,7-8,15,19H,5-6,18H2. The molecule has 1 atom stereocenters. The highest BCUT2D eigenvalue weighted by Gasteiger charge is 2.19. The van der Waals surface area contributed by atoms with E-state index in [1.165, 1.54) is 12.1 Å². The first-order chi connectivity index (χ1) is 10.2. The number of benzene rings is 2. The summed E-state index contributed by atoms with van der Waals surface area (Å²) in [6.07, 6.45) is 0. The lowest BCUT2D eigenvalue weighted by atomic mass is 9.99. The molecule has 0 fully saturated rings. The summed E-state index contributed by atoms with van der Waals surface area (Å²) < 4.78 is 25.2. The second-order valence-electron chi connectivity index (χ2n) is 4.67. The summed E-state index contributed by atoms with van der Waals surface area (Å²) in [4.78, 5) is 0. The zero-order valence-corrected chi connectivity index (χ0v) is 13.3. The van der Waals surface area contributed by atoms with Crippen LogP contribution < -0.4 is 20.7 Å². The first-order valence-electron chi connectivity index (χ1n) is 6.49. The smallest absolute Gasteiger partial charge is 0.161 e. The van der Waals surface area contributed by atoms with Gasteiger partial charge in [0, 0.05) is 3.57 Å². The first kappa shape index (κ1) is 14.6. The van der Waals surface area contributed by atoms with Gasteiger partial charge in [-0.3, -0.25) is 5.84 Å². The van der Waals surface area contributed by atoms with Gasteiger partial charge in [0.15, 0.2) is 11.5 Å². The lowest BCUT2D eigenvalue weighted by Gasteiger charge is -2.22. The Balaban J connectivity index is 1.99. The van der Waals surface area contributed by atoms with E-state index in [1.54, 1.807) is 6.07 Å². The molecule has 3 N–H and O–H groups in total. The van der Waals surface area contributed by atoms with Gasteiger partial charge in [0.05, 0.1) is 6.04 Å². The molecule has 110 valence electrons. The predicted octanol–water partition coefficient (Wildman–Crippen LogP) is 2.75. The molecule has 6 heteroatoms. The molecule has 2 aromatic carbocycles. The van der Waals surface area contributed by atoms with E-state index in [-0.39, 0.29) is 11.9 Å². The minimum atomic E-state index is -0.263. The van der Waals surface area contributed by atoms with Crippen LogP contribution in [0.3, 0.4) is 0 Å². The van der Waals surface area contributed by atoms with Gasteiger partial charge in [0.2, 0.25) is 0 Å². The Labute approximate surface area is 135 Å². The molecule has 3 rings (SSSR count). The zero-order valence-electron chi connectivity index (χ0n) is 11.1. The van der Waals surface area contributed by atoms with Crippen molar-refractivity contribution >= 4 is 22.6 Å². The van der Waals surface area contributed by atoms with E-state index in [1.807, 2.05) is 18.2 Å². The van der Waals surface area contributed by atoms with Crippen molar-refractivity contribution in [2.24, 2.45) is 5.84 Å². The summed E-state index contributed by atoms with van der Waals surface area (Å²) >= 11 is 2.10. The maximum Gasteiger partial charge on any atom is 0.161 e. The van der Waals surface area contributed by atoms with Crippen LogP contribution in [-0.4, -0.2) is 13.2 Å². The molecule has 1 aliphatic rings. The van der Waals surface area contributed by atoms with Gasteiger partial charge in [-0.2, -0.15) is 0 Å². The summed E-state index contributed by atoms with van der Waals surface area (Å²) in [5.41, 5.74) is 4.63. The Morgan fingerprint density at radius 3 is 2.57 bits per heavy atom. The predicted molar refractivity (Wildman–Crippen MR) is 85.7 cm³/mol. The van der Waals surface area contributed by atoms with Gasteiger partial charge in [-0.05, 0) is 58.0 Å². The molecule has 1 aliphatic heterocycles. The van der Waals surface area contributed by atoms with Gasteiger partial charge < -0.3 is 9.47 Å². The highest BCUT2D eigenvalue weighted by molar-refractivity contribution is 14.1. The Kier molecular flexibility index (Phi) is 4.27. The Hall–Kier alpha value is -1.38. The summed E-state index contributed by atoms with van der Waals surface area (Å²) in [5, 5.41) is 0. The number of nitrogens with one attached hydrogen (secondary N) is 1. The average Bonchev–Trinajstić information content (AvgIpc) is 2.50. The fraction of sp³-hybridized carbons (Fsp3) is 0.200. The minimum Gasteiger partial charge on any atom is -0.486 e. The minimum absolute atomic E-state index is 0.242. The van der Waals surface area contributed by atoms with Gasteiger partial charge in [-0.1, -0.05) is 12.1 Å². The number of rotatable bonds is 3. The summed E-state index contributed by atoms with van der Waals surface area (Å²) in [5.74, 6) is 6.87. The van der Waals surface area contributed by atoms with Crippen molar-refractivity contribution in [2.75, 3.05) is 13.2 Å². The van der Waals surface area contributed by atoms with Crippen molar-refractivity contribution in [1.29, 1.82) is 0 Å². The molecule has 0 aromatic heterocycles. The lowest BCUT2D eigenvalue weighted by Crippen LogP contribution is -2.29. The van der Waals surface area contributed by atoms with Crippen LogP contribution in [0.2, 0.25) is 0 Å². The molecule has 4 nitrogen and oxygen atoms in total. The van der Waals surface area contributed by atoms with E-state index < -0.39 is 0 Å². The summed E-state index contributed by atoms with van der Waals surface area (Å²) in [6, 6.07) is 10.1. The lowest BCUT2D eigenvalue weighted by molar-refractivity contribution is 0.171. The third kappa shape index (κ3) is 2.97. The molecule has 0 spiro atoms. The van der Waals surface area contributed by atoms with Gasteiger partial charge in [-0.25, -0.2) is 9.82 Å². The van der Waals surface area contributed by atoms with Crippen LogP contribution in [0.1, 0.15) is 17.2 Å². The highest BCUT2D eigenvalue weighted by atomic mass is 127. The maximum absolute atomic E-state index is 13.2. The Morgan fingerprint density at radius 2 is 1.86 bits per heavy atom. The van der Waals surface area contributed by atoms with E-state index in [0.717, 1.165) is 20.4 Å². The summed E-state index contributed by atoms with van der Waals surface area (Å²) in [6.45, 7) is 1.09. The van der Waals surface area contributed by atoms with Gasteiger partial charge >= 0.3 is 0 Å². The molecule has 21 heavy (non-hydrogen) atoms. The van der Waals surface area contributed by atoms with Crippen molar-refractivity contribution in [1.82, 2.24) is 5.43 Å². The van der Waals surface area contributed by atoms with Crippen molar-refractivity contribution in [3.05, 3.63) is 56.9 Å². The van der Waals surface area contributed by atoms with Gasteiger partial charge in [0.25, 0.3) is 0 Å². The maximum atomic E-state index is 13.2. The monoisotopic (exact) mass is 400 g/mol. The molecule has 1 unspecified atom stereocenters. The largest absolute Gasteiger partial charge is 0.486 e. The summed E-state index contributed by atoms with van der Waals surface area (Å²) in [7, 11) is 0. The van der Waals surface area contributed by atoms with E-state index in [2.05, 4.69) is 28.0 Å². The highest BCUT2D eigenvalue weighted by Crippen LogP contribution is 2.35. The van der Waals surface area contributed by atoms with Crippen molar-refractivity contribution in [3.8, 4) is 11.5 Å². The molecule has 0 bridgehead atoms. The van der Waals surface area contributed by atoms with Crippen LogP contribution in [0, 0.1) is 9.39 Å². The quantitative estimate of drug-likeness (QED) is 0.473. The topological polar surface area (TPSA) is 56.5 Å². The zero-order chi connectivity index (χ0) is 14.8. The van der Waals surface area contributed by atoms with Crippen LogP contribution in [-0.2, 0) is 0 Å². The number of ether oxygens (including phenoxy) is 2. The fourth-order valence-corrected chi connectivity index (χ4v) is 3.13. The number of fused-ring (bicyclic) bond motifs is 1. The number of nitrogens with two attached hydrogens (primary N) is 1. The molecule has 0 amide bonds. The van der Waals surface area contributed by atoms with E-state index in [4.69, 9.17) is 15.3 Å². The van der Waals surface area contributed by atoms with Crippen molar-refractivity contribution in [2.45, 2.75) is 6.04 Å². The van der Waals surface area contributed by atoms with Gasteiger partial charge in [0.1, 0.15) is 19.0 Å². The molecule has 0 saturated heterocycles. The third-order valence-corrected chi connectivity index (χ3v) is 4.27. The van der Waals surface area contributed by atoms with Crippen molar-refractivity contribution in [3.63, 3.8) is 0 Å². The molecule has 0 aliphatic carbocycles. The molecule has 0 saturated carbocycles.